The number of hydrogen-bond acceptors (Lipinski definition) is 3. The molecule has 2 saturated heterocycles. The summed E-state index contributed by atoms with van der Waals surface area (Å²) in [5, 5.41) is 15.2. The van der Waals surface area contributed by atoms with Gasteiger partial charge in [0.2, 0.25) is 5.91 Å². The van der Waals surface area contributed by atoms with E-state index in [0.29, 0.717) is 12.1 Å². The first-order valence-electron chi connectivity index (χ1n) is 6.96. The molecule has 0 saturated carbocycles. The Morgan fingerprint density at radius 2 is 2.06 bits per heavy atom. The Morgan fingerprint density at radius 3 is 2.71 bits per heavy atom. The normalized spacial score (nSPS) is 30.8. The highest BCUT2D eigenvalue weighted by Gasteiger charge is 2.42. The van der Waals surface area contributed by atoms with E-state index in [4.69, 9.17) is 5.11 Å². The molecule has 0 aromatic heterocycles. The molecule has 0 spiro atoms. The fourth-order valence-electron chi connectivity index (χ4n) is 3.05. The molecule has 2 heterocycles. The number of aliphatic hydroxyl groups excluding tert-OH is 1. The van der Waals surface area contributed by atoms with Crippen LogP contribution in [0.2, 0.25) is 0 Å². The molecule has 2 rings (SSSR count). The lowest BCUT2D eigenvalue weighted by Gasteiger charge is -2.19. The minimum atomic E-state index is 0.214. The number of carbonyl (C=O) groups excluding carboxylic acids is 1. The Kier molecular flexibility index (Phi) is 4.80. The Bertz CT molecular complexity index is 258. The SMILES string of the molecule is O=C(NCCCCCCO)C1CC2CCC1N2. The number of unbranched alkanes of at least 4 members (excludes halogenated alkanes) is 3. The molecule has 4 heteroatoms. The van der Waals surface area contributed by atoms with Gasteiger partial charge in [0.25, 0.3) is 0 Å². The highest BCUT2D eigenvalue weighted by Crippen LogP contribution is 2.33. The molecule has 1 amide bonds. The van der Waals surface area contributed by atoms with E-state index in [0.717, 1.165) is 38.6 Å². The zero-order valence-electron chi connectivity index (χ0n) is 10.5. The number of nitrogens with one attached hydrogen (secondary N) is 2. The highest BCUT2D eigenvalue weighted by molar-refractivity contribution is 5.80. The molecule has 2 aliphatic rings. The maximum absolute atomic E-state index is 11.9. The lowest BCUT2D eigenvalue weighted by atomic mass is 9.88. The summed E-state index contributed by atoms with van der Waals surface area (Å²) in [6.07, 6.45) is 7.50. The molecule has 0 aromatic rings. The van der Waals surface area contributed by atoms with Crippen molar-refractivity contribution in [1.29, 1.82) is 0 Å². The second kappa shape index (κ2) is 6.36. The molecule has 0 aliphatic carbocycles. The first-order chi connectivity index (χ1) is 8.31. The fraction of sp³-hybridized carbons (Fsp3) is 0.923. The summed E-state index contributed by atoms with van der Waals surface area (Å²) < 4.78 is 0. The van der Waals surface area contributed by atoms with E-state index in [1.54, 1.807) is 0 Å². The first kappa shape index (κ1) is 12.8. The minimum Gasteiger partial charge on any atom is -0.396 e. The van der Waals surface area contributed by atoms with E-state index in [9.17, 15) is 4.79 Å². The number of carbonyl (C=O) groups is 1. The summed E-state index contributed by atoms with van der Waals surface area (Å²) in [4.78, 5) is 11.9. The number of amides is 1. The van der Waals surface area contributed by atoms with Gasteiger partial charge in [0.05, 0.1) is 5.92 Å². The third kappa shape index (κ3) is 3.42. The van der Waals surface area contributed by atoms with Gasteiger partial charge < -0.3 is 15.7 Å². The van der Waals surface area contributed by atoms with E-state index in [1.165, 1.54) is 12.8 Å². The van der Waals surface area contributed by atoms with Crippen LogP contribution in [-0.4, -0.2) is 36.2 Å². The van der Waals surface area contributed by atoms with Crippen molar-refractivity contribution < 1.29 is 9.90 Å². The topological polar surface area (TPSA) is 61.4 Å². The van der Waals surface area contributed by atoms with E-state index in [1.807, 2.05) is 0 Å². The van der Waals surface area contributed by atoms with E-state index in [-0.39, 0.29) is 18.4 Å². The van der Waals surface area contributed by atoms with Crippen LogP contribution in [0.3, 0.4) is 0 Å². The Morgan fingerprint density at radius 1 is 1.24 bits per heavy atom. The summed E-state index contributed by atoms with van der Waals surface area (Å²) in [7, 11) is 0. The van der Waals surface area contributed by atoms with Crippen molar-refractivity contribution in [2.75, 3.05) is 13.2 Å². The molecule has 4 nitrogen and oxygen atoms in total. The molecule has 98 valence electrons. The fourth-order valence-corrected chi connectivity index (χ4v) is 3.05. The molecule has 3 atom stereocenters. The van der Waals surface area contributed by atoms with Crippen molar-refractivity contribution in [1.82, 2.24) is 10.6 Å². The Hall–Kier alpha value is -0.610. The molecule has 2 bridgehead atoms. The van der Waals surface area contributed by atoms with Crippen LogP contribution in [0.25, 0.3) is 0 Å². The van der Waals surface area contributed by atoms with Crippen molar-refractivity contribution in [2.45, 2.75) is 57.0 Å². The average Bonchev–Trinajstić information content (AvgIpc) is 2.95. The highest BCUT2D eigenvalue weighted by atomic mass is 16.2. The molecule has 0 radical (unpaired) electrons. The van der Waals surface area contributed by atoms with Crippen LogP contribution in [0, 0.1) is 5.92 Å². The van der Waals surface area contributed by atoms with E-state index in [2.05, 4.69) is 10.6 Å². The smallest absolute Gasteiger partial charge is 0.224 e. The number of rotatable bonds is 7. The Labute approximate surface area is 103 Å². The predicted molar refractivity (Wildman–Crippen MR) is 66.6 cm³/mol. The van der Waals surface area contributed by atoms with Gasteiger partial charge in [-0.1, -0.05) is 12.8 Å². The largest absolute Gasteiger partial charge is 0.396 e. The molecule has 2 aliphatic heterocycles. The quantitative estimate of drug-likeness (QED) is 0.577. The molecular weight excluding hydrogens is 216 g/mol. The molecule has 0 aromatic carbocycles. The molecule has 3 N–H and O–H groups in total. The van der Waals surface area contributed by atoms with Gasteiger partial charge in [-0.25, -0.2) is 0 Å². The van der Waals surface area contributed by atoms with Crippen LogP contribution in [0.15, 0.2) is 0 Å². The van der Waals surface area contributed by atoms with Gasteiger partial charge in [0.15, 0.2) is 0 Å². The van der Waals surface area contributed by atoms with E-state index < -0.39 is 0 Å². The second-order valence-corrected chi connectivity index (χ2v) is 5.32. The third-order valence-electron chi connectivity index (χ3n) is 4.02. The second-order valence-electron chi connectivity index (χ2n) is 5.32. The standard InChI is InChI=1S/C13H24N2O2/c16-8-4-2-1-3-7-14-13(17)11-9-10-5-6-12(11)15-10/h10-12,15-16H,1-9H2,(H,14,17). The molecular formula is C13H24N2O2. The van der Waals surface area contributed by atoms with Crippen LogP contribution in [-0.2, 0) is 4.79 Å². The minimum absolute atomic E-state index is 0.214. The van der Waals surface area contributed by atoms with Crippen molar-refractivity contribution >= 4 is 5.91 Å². The maximum Gasteiger partial charge on any atom is 0.224 e. The van der Waals surface area contributed by atoms with Gasteiger partial charge in [0, 0.05) is 25.2 Å². The number of hydrogen-bond donors (Lipinski definition) is 3. The van der Waals surface area contributed by atoms with Crippen LogP contribution >= 0.6 is 0 Å². The van der Waals surface area contributed by atoms with Crippen molar-refractivity contribution in [2.24, 2.45) is 5.92 Å². The summed E-state index contributed by atoms with van der Waals surface area (Å²) in [5.41, 5.74) is 0. The van der Waals surface area contributed by atoms with Crippen molar-refractivity contribution in [3.63, 3.8) is 0 Å². The van der Waals surface area contributed by atoms with Crippen LogP contribution in [0.1, 0.15) is 44.9 Å². The van der Waals surface area contributed by atoms with Gasteiger partial charge in [-0.15, -0.1) is 0 Å². The average molecular weight is 240 g/mol. The van der Waals surface area contributed by atoms with Crippen molar-refractivity contribution in [3.8, 4) is 0 Å². The first-order valence-corrected chi connectivity index (χ1v) is 6.96. The Balaban J connectivity index is 1.55. The van der Waals surface area contributed by atoms with Crippen LogP contribution in [0.5, 0.6) is 0 Å². The van der Waals surface area contributed by atoms with Gasteiger partial charge in [-0.05, 0) is 32.1 Å². The summed E-state index contributed by atoms with van der Waals surface area (Å²) >= 11 is 0. The lowest BCUT2D eigenvalue weighted by Crippen LogP contribution is -2.37. The van der Waals surface area contributed by atoms with Crippen LogP contribution < -0.4 is 10.6 Å². The zero-order valence-corrected chi connectivity index (χ0v) is 10.5. The molecule has 17 heavy (non-hydrogen) atoms. The zero-order chi connectivity index (χ0) is 12.1. The van der Waals surface area contributed by atoms with Gasteiger partial charge in [-0.3, -0.25) is 4.79 Å². The lowest BCUT2D eigenvalue weighted by molar-refractivity contribution is -0.125. The van der Waals surface area contributed by atoms with Gasteiger partial charge >= 0.3 is 0 Å². The summed E-state index contributed by atoms with van der Waals surface area (Å²) in [5.74, 6) is 0.457. The maximum atomic E-state index is 11.9. The van der Waals surface area contributed by atoms with Gasteiger partial charge in [0.1, 0.15) is 0 Å². The molecule has 3 unspecified atom stereocenters. The monoisotopic (exact) mass is 240 g/mol. The van der Waals surface area contributed by atoms with E-state index >= 15 is 0 Å². The number of fused-ring (bicyclic) bond motifs is 2. The summed E-state index contributed by atoms with van der Waals surface area (Å²) in [6, 6.07) is 1.04. The summed E-state index contributed by atoms with van der Waals surface area (Å²) in [6.45, 7) is 1.07. The van der Waals surface area contributed by atoms with Crippen LogP contribution in [0.4, 0.5) is 0 Å². The third-order valence-corrected chi connectivity index (χ3v) is 4.02. The van der Waals surface area contributed by atoms with Gasteiger partial charge in [-0.2, -0.15) is 0 Å². The predicted octanol–water partition coefficient (Wildman–Crippen LogP) is 0.796. The van der Waals surface area contributed by atoms with Crippen molar-refractivity contribution in [3.05, 3.63) is 0 Å². The number of aliphatic hydroxyl groups is 1. The molecule has 2 fully saturated rings.